The number of nitrogens with one attached hydrogen (secondary N) is 3. The molecule has 3 N–H and O–H groups in total. The number of benzene rings is 3. The van der Waals surface area contributed by atoms with Gasteiger partial charge < -0.3 is 10.6 Å². The number of thiazole rings is 2. The van der Waals surface area contributed by atoms with Crippen molar-refractivity contribution in [2.45, 2.75) is 0 Å². The predicted octanol–water partition coefficient (Wildman–Crippen LogP) is 5.59. The number of hydrogen-bond donors (Lipinski definition) is 3. The summed E-state index contributed by atoms with van der Waals surface area (Å²) >= 11 is 3.13. The van der Waals surface area contributed by atoms with Crippen LogP contribution in [0.4, 0.5) is 16.5 Å². The molecule has 0 atom stereocenters. The lowest BCUT2D eigenvalue weighted by Crippen LogP contribution is -2.29. The molecule has 0 spiro atoms. The molecule has 0 saturated carbocycles. The smallest absolute Gasteiger partial charge is 0.276 e. The topological polar surface area (TPSA) is 91.3 Å². The standard InChI is InChI=1S/C24H16N6OS2/c31-22-19(10-14-6-8-17-20(11-14)32-13-25-17)28-23(30-22)26-16-7-9-18-21(12-16)33-24(29-18)27-15-4-2-1-3-5-15/h1-13H,(H,27,29)(H2,26,28,30,31)/b19-10-. The summed E-state index contributed by atoms with van der Waals surface area (Å²) < 4.78 is 2.10. The predicted molar refractivity (Wildman–Crippen MR) is 136 cm³/mol. The number of hydrogen-bond acceptors (Lipinski definition) is 8. The molecule has 1 aliphatic rings. The summed E-state index contributed by atoms with van der Waals surface area (Å²) in [6.45, 7) is 0. The Kier molecular flexibility index (Phi) is 4.82. The molecule has 33 heavy (non-hydrogen) atoms. The second kappa shape index (κ2) is 8.12. The van der Waals surface area contributed by atoms with Gasteiger partial charge in [-0.1, -0.05) is 35.6 Å². The molecule has 3 aromatic carbocycles. The highest BCUT2D eigenvalue weighted by Crippen LogP contribution is 2.30. The Bertz CT molecular complexity index is 1570. The third-order valence-corrected chi connectivity index (χ3v) is 6.76. The summed E-state index contributed by atoms with van der Waals surface area (Å²) in [5.74, 6) is 0.159. The minimum Gasteiger partial charge on any atom is -0.332 e. The SMILES string of the molecule is O=C1NC(Nc2ccc3nc(Nc4ccccc4)sc3c2)=N/C1=C\c1ccc2ncsc2c1. The summed E-state index contributed by atoms with van der Waals surface area (Å²) in [4.78, 5) is 25.8. The van der Waals surface area contributed by atoms with Crippen molar-refractivity contribution in [3.63, 3.8) is 0 Å². The molecule has 160 valence electrons. The Morgan fingerprint density at radius 3 is 2.67 bits per heavy atom. The van der Waals surface area contributed by atoms with E-state index in [0.29, 0.717) is 11.7 Å². The number of anilines is 3. The first kappa shape index (κ1) is 19.6. The van der Waals surface area contributed by atoms with Gasteiger partial charge in [0.15, 0.2) is 5.13 Å². The van der Waals surface area contributed by atoms with E-state index in [2.05, 4.69) is 30.9 Å². The van der Waals surface area contributed by atoms with E-state index < -0.39 is 0 Å². The van der Waals surface area contributed by atoms with Crippen LogP contribution in [0.15, 0.2) is 82.9 Å². The molecule has 1 amide bonds. The van der Waals surface area contributed by atoms with E-state index in [1.807, 2.05) is 72.2 Å². The van der Waals surface area contributed by atoms with Gasteiger partial charge in [-0.05, 0) is 54.1 Å². The lowest BCUT2D eigenvalue weighted by molar-refractivity contribution is -0.115. The first-order chi connectivity index (χ1) is 16.2. The maximum atomic E-state index is 12.4. The average molecular weight is 469 g/mol. The minimum atomic E-state index is -0.241. The van der Waals surface area contributed by atoms with Crippen molar-refractivity contribution < 1.29 is 4.79 Å². The zero-order valence-electron chi connectivity index (χ0n) is 17.1. The highest BCUT2D eigenvalue weighted by Gasteiger charge is 2.20. The third kappa shape index (κ3) is 4.07. The molecule has 0 fully saturated rings. The Hall–Kier alpha value is -4.08. The van der Waals surface area contributed by atoms with Crippen LogP contribution in [0.5, 0.6) is 0 Å². The third-order valence-electron chi connectivity index (χ3n) is 5.03. The lowest BCUT2D eigenvalue weighted by atomic mass is 10.2. The fraction of sp³-hybridized carbons (Fsp3) is 0. The maximum Gasteiger partial charge on any atom is 0.276 e. The molecular formula is C24H16N6OS2. The van der Waals surface area contributed by atoms with Gasteiger partial charge in [0.1, 0.15) is 5.70 Å². The number of aliphatic imine (C=N–C) groups is 1. The number of rotatable bonds is 4. The fourth-order valence-electron chi connectivity index (χ4n) is 3.48. The molecule has 5 aromatic rings. The number of carbonyl (C=O) groups is 1. The second-order valence-corrected chi connectivity index (χ2v) is 9.26. The van der Waals surface area contributed by atoms with Gasteiger partial charge in [-0.25, -0.2) is 15.0 Å². The Labute approximate surface area is 196 Å². The van der Waals surface area contributed by atoms with E-state index in [9.17, 15) is 4.79 Å². The van der Waals surface area contributed by atoms with Crippen molar-refractivity contribution in [1.82, 2.24) is 15.3 Å². The number of fused-ring (bicyclic) bond motifs is 2. The maximum absolute atomic E-state index is 12.4. The average Bonchev–Trinajstić information content (AvgIpc) is 3.52. The van der Waals surface area contributed by atoms with E-state index in [1.165, 1.54) is 0 Å². The van der Waals surface area contributed by atoms with Crippen LogP contribution in [0.2, 0.25) is 0 Å². The molecule has 0 radical (unpaired) electrons. The van der Waals surface area contributed by atoms with Gasteiger partial charge in [-0.2, -0.15) is 0 Å². The van der Waals surface area contributed by atoms with E-state index >= 15 is 0 Å². The van der Waals surface area contributed by atoms with Crippen LogP contribution in [0.25, 0.3) is 26.5 Å². The first-order valence-corrected chi connectivity index (χ1v) is 11.8. The molecule has 3 heterocycles. The molecule has 6 rings (SSSR count). The normalized spacial score (nSPS) is 14.6. The lowest BCUT2D eigenvalue weighted by Gasteiger charge is -2.04. The number of nitrogens with zero attached hydrogens (tertiary/aromatic N) is 3. The molecule has 2 aromatic heterocycles. The largest absolute Gasteiger partial charge is 0.332 e. The quantitative estimate of drug-likeness (QED) is 0.299. The number of amides is 1. The van der Waals surface area contributed by atoms with Crippen LogP contribution in [-0.4, -0.2) is 21.8 Å². The van der Waals surface area contributed by atoms with Crippen LogP contribution in [0, 0.1) is 0 Å². The molecule has 0 bridgehead atoms. The molecule has 9 heteroatoms. The summed E-state index contributed by atoms with van der Waals surface area (Å²) in [7, 11) is 0. The van der Waals surface area contributed by atoms with E-state index in [1.54, 1.807) is 28.7 Å². The van der Waals surface area contributed by atoms with Gasteiger partial charge in [0.2, 0.25) is 5.96 Å². The van der Waals surface area contributed by atoms with Gasteiger partial charge >= 0.3 is 0 Å². The van der Waals surface area contributed by atoms with Crippen molar-refractivity contribution >= 4 is 77.6 Å². The van der Waals surface area contributed by atoms with Crippen molar-refractivity contribution in [2.75, 3.05) is 10.6 Å². The number of aromatic nitrogens is 2. The van der Waals surface area contributed by atoms with Crippen molar-refractivity contribution in [3.8, 4) is 0 Å². The van der Waals surface area contributed by atoms with Gasteiger partial charge in [-0.15, -0.1) is 11.3 Å². The Morgan fingerprint density at radius 2 is 1.76 bits per heavy atom. The molecular weight excluding hydrogens is 452 g/mol. The summed E-state index contributed by atoms with van der Waals surface area (Å²) in [6.07, 6.45) is 1.77. The van der Waals surface area contributed by atoms with Gasteiger partial charge in [0.25, 0.3) is 5.91 Å². The summed E-state index contributed by atoms with van der Waals surface area (Å²) in [5.41, 5.74) is 6.74. The molecule has 0 aliphatic carbocycles. The molecule has 0 unspecified atom stereocenters. The number of guanidine groups is 1. The fourth-order valence-corrected chi connectivity index (χ4v) is 5.14. The van der Waals surface area contributed by atoms with Crippen LogP contribution in [0.1, 0.15) is 5.56 Å². The van der Waals surface area contributed by atoms with Crippen molar-refractivity contribution in [2.24, 2.45) is 4.99 Å². The van der Waals surface area contributed by atoms with Crippen molar-refractivity contribution in [1.29, 1.82) is 0 Å². The zero-order chi connectivity index (χ0) is 22.2. The number of carbonyl (C=O) groups excluding carboxylic acids is 1. The van der Waals surface area contributed by atoms with Crippen LogP contribution in [-0.2, 0) is 4.79 Å². The monoisotopic (exact) mass is 468 g/mol. The highest BCUT2D eigenvalue weighted by atomic mass is 32.1. The summed E-state index contributed by atoms with van der Waals surface area (Å²) in [6, 6.07) is 21.7. The van der Waals surface area contributed by atoms with Gasteiger partial charge in [-0.3, -0.25) is 10.1 Å². The van der Waals surface area contributed by atoms with Crippen molar-refractivity contribution in [3.05, 3.63) is 83.5 Å². The van der Waals surface area contributed by atoms with E-state index in [0.717, 1.165) is 42.5 Å². The van der Waals surface area contributed by atoms with E-state index in [4.69, 9.17) is 0 Å². The molecule has 1 aliphatic heterocycles. The van der Waals surface area contributed by atoms with Crippen LogP contribution >= 0.6 is 22.7 Å². The molecule has 0 saturated heterocycles. The second-order valence-electron chi connectivity index (χ2n) is 7.34. The van der Waals surface area contributed by atoms with Crippen LogP contribution < -0.4 is 16.0 Å². The summed E-state index contributed by atoms with van der Waals surface area (Å²) in [5, 5.41) is 10.1. The first-order valence-electron chi connectivity index (χ1n) is 10.1. The Morgan fingerprint density at radius 1 is 0.879 bits per heavy atom. The van der Waals surface area contributed by atoms with E-state index in [-0.39, 0.29) is 5.91 Å². The zero-order valence-corrected chi connectivity index (χ0v) is 18.7. The van der Waals surface area contributed by atoms with Crippen LogP contribution in [0.3, 0.4) is 0 Å². The highest BCUT2D eigenvalue weighted by molar-refractivity contribution is 7.22. The van der Waals surface area contributed by atoms with Gasteiger partial charge in [0, 0.05) is 11.4 Å². The minimum absolute atomic E-state index is 0.241. The van der Waals surface area contributed by atoms with Gasteiger partial charge in [0.05, 0.1) is 25.9 Å². The number of para-hydroxylation sites is 1. The molecule has 7 nitrogen and oxygen atoms in total. The Balaban J connectivity index is 1.22.